The molecule has 0 aliphatic carbocycles. The number of carbonyl (C=O) groups is 2. The molecule has 0 fully saturated rings. The quantitative estimate of drug-likeness (QED) is 0.348. The summed E-state index contributed by atoms with van der Waals surface area (Å²) in [5.41, 5.74) is 2.32. The number of rotatable bonds is 12. The van der Waals surface area contributed by atoms with Gasteiger partial charge >= 0.3 is 0 Å². The first-order valence-electron chi connectivity index (χ1n) is 12.2. The second-order valence-electron chi connectivity index (χ2n) is 9.58. The van der Waals surface area contributed by atoms with Gasteiger partial charge in [-0.25, -0.2) is 0 Å². The van der Waals surface area contributed by atoms with Crippen molar-refractivity contribution >= 4 is 27.7 Å². The van der Waals surface area contributed by atoms with Gasteiger partial charge in [-0.2, -0.15) is 0 Å². The van der Waals surface area contributed by atoms with Crippen molar-refractivity contribution < 1.29 is 14.3 Å². The van der Waals surface area contributed by atoms with Gasteiger partial charge in [0.15, 0.2) is 6.61 Å². The van der Waals surface area contributed by atoms with Crippen LogP contribution in [0.25, 0.3) is 0 Å². The lowest BCUT2D eigenvalue weighted by Crippen LogP contribution is -2.51. The van der Waals surface area contributed by atoms with Crippen molar-refractivity contribution in [2.24, 2.45) is 0 Å². The second kappa shape index (κ2) is 13.5. The van der Waals surface area contributed by atoms with Crippen LogP contribution < -0.4 is 10.1 Å². The highest BCUT2D eigenvalue weighted by atomic mass is 79.9. The number of hydrogen-bond donors (Lipinski definition) is 1. The molecule has 34 heavy (non-hydrogen) atoms. The zero-order valence-corrected chi connectivity index (χ0v) is 22.8. The third-order valence-electron chi connectivity index (χ3n) is 5.85. The van der Waals surface area contributed by atoms with Gasteiger partial charge in [-0.3, -0.25) is 9.59 Å². The summed E-state index contributed by atoms with van der Waals surface area (Å²) in [5.74, 6) is 0.318. The number of hydrogen-bond acceptors (Lipinski definition) is 3. The van der Waals surface area contributed by atoms with Crippen LogP contribution in [0.15, 0.2) is 53.0 Å². The number of ether oxygens (including phenoxy) is 1. The van der Waals surface area contributed by atoms with Crippen LogP contribution in [0.1, 0.15) is 65.0 Å². The number of benzene rings is 2. The van der Waals surface area contributed by atoms with Crippen molar-refractivity contribution in [2.75, 3.05) is 19.7 Å². The molecule has 0 aromatic heterocycles. The number of unbranched alkanes of at least 4 members (excludes halogenated alkanes) is 1. The van der Waals surface area contributed by atoms with Gasteiger partial charge in [-0.1, -0.05) is 77.4 Å². The molecule has 2 rings (SSSR count). The van der Waals surface area contributed by atoms with E-state index in [2.05, 4.69) is 48.9 Å². The molecule has 6 heteroatoms. The number of nitrogens with zero attached hydrogens (tertiary/aromatic N) is 1. The maximum atomic E-state index is 13.3. The van der Waals surface area contributed by atoms with Crippen LogP contribution in [0, 0.1) is 0 Å². The average molecular weight is 532 g/mol. The topological polar surface area (TPSA) is 58.6 Å². The first kappa shape index (κ1) is 27.9. The van der Waals surface area contributed by atoms with Gasteiger partial charge in [0.1, 0.15) is 11.8 Å². The van der Waals surface area contributed by atoms with Gasteiger partial charge in [0.2, 0.25) is 5.91 Å². The molecule has 0 radical (unpaired) electrons. The standard InChI is InChI=1S/C28H39BrN2O3/c1-6-8-17-30-27(33)24(7-2)31(18-16-21-12-10-9-11-13-21)26(32)20-34-25-15-14-22(19-23(25)29)28(3,4)5/h9-15,19,24H,6-8,16-18,20H2,1-5H3,(H,30,33)/t24-/m1/s1. The van der Waals surface area contributed by atoms with Crippen molar-refractivity contribution in [3.63, 3.8) is 0 Å². The van der Waals surface area contributed by atoms with Gasteiger partial charge in [-0.05, 0) is 63.9 Å². The Bertz CT molecular complexity index is 925. The predicted octanol–water partition coefficient (Wildman–Crippen LogP) is 5.89. The molecule has 0 aliphatic heterocycles. The van der Waals surface area contributed by atoms with Crippen molar-refractivity contribution in [1.82, 2.24) is 10.2 Å². The molecule has 2 aromatic rings. The monoisotopic (exact) mass is 530 g/mol. The highest BCUT2D eigenvalue weighted by Crippen LogP contribution is 2.31. The van der Waals surface area contributed by atoms with Gasteiger partial charge in [0, 0.05) is 13.1 Å². The maximum Gasteiger partial charge on any atom is 0.261 e. The van der Waals surface area contributed by atoms with E-state index < -0.39 is 6.04 Å². The smallest absolute Gasteiger partial charge is 0.261 e. The molecular formula is C28H39BrN2O3. The Hall–Kier alpha value is -2.34. The minimum Gasteiger partial charge on any atom is -0.483 e. The molecule has 1 N–H and O–H groups in total. The Morgan fingerprint density at radius 2 is 1.79 bits per heavy atom. The Balaban J connectivity index is 2.14. The summed E-state index contributed by atoms with van der Waals surface area (Å²) >= 11 is 3.58. The summed E-state index contributed by atoms with van der Waals surface area (Å²) in [6, 6.07) is 15.4. The zero-order valence-electron chi connectivity index (χ0n) is 21.2. The van der Waals surface area contributed by atoms with Gasteiger partial charge in [0.25, 0.3) is 5.91 Å². The van der Waals surface area contributed by atoms with E-state index in [1.165, 1.54) is 5.56 Å². The van der Waals surface area contributed by atoms with Crippen LogP contribution >= 0.6 is 15.9 Å². The van der Waals surface area contributed by atoms with Crippen molar-refractivity contribution in [1.29, 1.82) is 0 Å². The number of amides is 2. The van der Waals surface area contributed by atoms with E-state index in [0.717, 1.165) is 22.9 Å². The zero-order chi connectivity index (χ0) is 25.1. The number of carbonyl (C=O) groups excluding carboxylic acids is 2. The van der Waals surface area contributed by atoms with E-state index in [4.69, 9.17) is 4.74 Å². The first-order valence-corrected chi connectivity index (χ1v) is 13.0. The summed E-state index contributed by atoms with van der Waals surface area (Å²) in [7, 11) is 0. The largest absolute Gasteiger partial charge is 0.483 e. The average Bonchev–Trinajstić information content (AvgIpc) is 2.80. The van der Waals surface area contributed by atoms with Crippen LogP contribution in [-0.4, -0.2) is 42.5 Å². The fourth-order valence-electron chi connectivity index (χ4n) is 3.71. The van der Waals surface area contributed by atoms with Crippen molar-refractivity contribution in [2.45, 2.75) is 71.8 Å². The fourth-order valence-corrected chi connectivity index (χ4v) is 4.20. The van der Waals surface area contributed by atoms with E-state index in [1.807, 2.05) is 55.5 Å². The molecule has 0 saturated heterocycles. The predicted molar refractivity (Wildman–Crippen MR) is 142 cm³/mol. The van der Waals surface area contributed by atoms with Crippen LogP contribution in [0.5, 0.6) is 5.75 Å². The van der Waals surface area contributed by atoms with Crippen LogP contribution in [0.3, 0.4) is 0 Å². The van der Waals surface area contributed by atoms with E-state index in [9.17, 15) is 9.59 Å². The molecule has 2 aromatic carbocycles. The highest BCUT2D eigenvalue weighted by Gasteiger charge is 2.28. The Morgan fingerprint density at radius 3 is 2.38 bits per heavy atom. The molecule has 0 unspecified atom stereocenters. The van der Waals surface area contributed by atoms with E-state index in [-0.39, 0.29) is 23.8 Å². The minimum absolute atomic E-state index is 0.0184. The van der Waals surface area contributed by atoms with Crippen molar-refractivity contribution in [3.05, 3.63) is 64.1 Å². The lowest BCUT2D eigenvalue weighted by atomic mass is 9.87. The fraction of sp³-hybridized carbons (Fsp3) is 0.500. The Kier molecular flexibility index (Phi) is 11.1. The Labute approximate surface area is 213 Å². The van der Waals surface area contributed by atoms with Crippen LogP contribution in [0.4, 0.5) is 0 Å². The molecule has 0 spiro atoms. The first-order chi connectivity index (χ1) is 16.2. The van der Waals surface area contributed by atoms with Gasteiger partial charge in [-0.15, -0.1) is 0 Å². The molecule has 2 amide bonds. The molecule has 0 saturated carbocycles. The third kappa shape index (κ3) is 8.46. The minimum atomic E-state index is -0.525. The summed E-state index contributed by atoms with van der Waals surface area (Å²) in [5, 5.41) is 2.99. The molecular weight excluding hydrogens is 492 g/mol. The van der Waals surface area contributed by atoms with E-state index in [1.54, 1.807) is 4.90 Å². The van der Waals surface area contributed by atoms with Crippen LogP contribution in [-0.2, 0) is 21.4 Å². The molecule has 0 bridgehead atoms. The summed E-state index contributed by atoms with van der Waals surface area (Å²) < 4.78 is 6.72. The van der Waals surface area contributed by atoms with E-state index in [0.29, 0.717) is 31.7 Å². The third-order valence-corrected chi connectivity index (χ3v) is 6.47. The highest BCUT2D eigenvalue weighted by molar-refractivity contribution is 9.10. The lowest BCUT2D eigenvalue weighted by molar-refractivity contribution is -0.142. The molecule has 186 valence electrons. The van der Waals surface area contributed by atoms with Gasteiger partial charge in [0.05, 0.1) is 4.47 Å². The Morgan fingerprint density at radius 1 is 1.09 bits per heavy atom. The number of halogens is 1. The summed E-state index contributed by atoms with van der Waals surface area (Å²) in [6.45, 7) is 11.4. The van der Waals surface area contributed by atoms with Crippen LogP contribution in [0.2, 0.25) is 0 Å². The molecule has 5 nitrogen and oxygen atoms in total. The second-order valence-corrected chi connectivity index (χ2v) is 10.4. The maximum absolute atomic E-state index is 13.3. The van der Waals surface area contributed by atoms with Crippen molar-refractivity contribution in [3.8, 4) is 5.75 Å². The molecule has 0 heterocycles. The molecule has 1 atom stereocenters. The SMILES string of the molecule is CCCCNC(=O)[C@@H](CC)N(CCc1ccccc1)C(=O)COc1ccc(C(C)(C)C)cc1Br. The normalized spacial score (nSPS) is 12.2. The number of nitrogens with one attached hydrogen (secondary N) is 1. The summed E-state index contributed by atoms with van der Waals surface area (Å²) in [6.07, 6.45) is 3.14. The lowest BCUT2D eigenvalue weighted by Gasteiger charge is -2.30. The summed E-state index contributed by atoms with van der Waals surface area (Å²) in [4.78, 5) is 27.9. The molecule has 0 aliphatic rings. The van der Waals surface area contributed by atoms with Gasteiger partial charge < -0.3 is 15.0 Å². The van der Waals surface area contributed by atoms with E-state index >= 15 is 0 Å².